The highest BCUT2D eigenvalue weighted by Gasteiger charge is 2.08. The van der Waals surface area contributed by atoms with Crippen molar-refractivity contribution in [3.63, 3.8) is 0 Å². The van der Waals surface area contributed by atoms with Gasteiger partial charge in [0.15, 0.2) is 0 Å². The number of halogens is 1. The molecule has 1 amide bonds. The van der Waals surface area contributed by atoms with Crippen LogP contribution in [-0.2, 0) is 16.4 Å². The molecule has 0 unspecified atom stereocenters. The summed E-state index contributed by atoms with van der Waals surface area (Å²) in [6.45, 7) is 0.533. The van der Waals surface area contributed by atoms with Crippen LogP contribution in [0.3, 0.4) is 0 Å². The molecule has 0 saturated carbocycles. The fourth-order valence-corrected chi connectivity index (χ4v) is 2.87. The maximum atomic E-state index is 12.1. The van der Waals surface area contributed by atoms with E-state index in [9.17, 15) is 13.2 Å². The molecule has 0 fully saturated rings. The van der Waals surface area contributed by atoms with E-state index in [1.165, 1.54) is 6.07 Å². The standard InChI is InChI=1S/C17H19ClN2O3S/c1-24(22,23)20-16-6-2-5-14(12-16)17(21)19-11-3-4-13-7-9-15(18)10-8-13/h2,5-10,12,20H,3-4,11H2,1H3,(H,19,21). The molecule has 0 bridgehead atoms. The minimum atomic E-state index is -3.37. The lowest BCUT2D eigenvalue weighted by Crippen LogP contribution is -2.25. The van der Waals surface area contributed by atoms with Gasteiger partial charge in [0.1, 0.15) is 0 Å². The van der Waals surface area contributed by atoms with Gasteiger partial charge in [-0.25, -0.2) is 8.42 Å². The monoisotopic (exact) mass is 366 g/mol. The van der Waals surface area contributed by atoms with Gasteiger partial charge in [-0.15, -0.1) is 0 Å². The molecule has 0 aliphatic rings. The number of carbonyl (C=O) groups excluding carboxylic acids is 1. The zero-order chi connectivity index (χ0) is 17.6. The van der Waals surface area contributed by atoms with Gasteiger partial charge in [-0.3, -0.25) is 9.52 Å². The average molecular weight is 367 g/mol. The molecule has 0 aromatic heterocycles. The van der Waals surface area contributed by atoms with E-state index in [1.54, 1.807) is 18.2 Å². The number of benzene rings is 2. The van der Waals surface area contributed by atoms with Crippen molar-refractivity contribution >= 4 is 33.2 Å². The van der Waals surface area contributed by atoms with Gasteiger partial charge in [0.2, 0.25) is 10.0 Å². The molecule has 2 aromatic carbocycles. The molecule has 128 valence electrons. The van der Waals surface area contributed by atoms with E-state index in [4.69, 9.17) is 11.6 Å². The average Bonchev–Trinajstić information content (AvgIpc) is 2.51. The fourth-order valence-electron chi connectivity index (χ4n) is 2.19. The first kappa shape index (κ1) is 18.3. The number of anilines is 1. The third-order valence-electron chi connectivity index (χ3n) is 3.27. The second kappa shape index (κ2) is 8.17. The van der Waals surface area contributed by atoms with Crippen molar-refractivity contribution in [2.75, 3.05) is 17.5 Å². The van der Waals surface area contributed by atoms with Crippen LogP contribution in [-0.4, -0.2) is 27.1 Å². The molecule has 7 heteroatoms. The van der Waals surface area contributed by atoms with Crippen LogP contribution in [0.4, 0.5) is 5.69 Å². The molecule has 24 heavy (non-hydrogen) atoms. The van der Waals surface area contributed by atoms with Gasteiger partial charge in [0.05, 0.1) is 6.26 Å². The molecule has 2 N–H and O–H groups in total. The minimum Gasteiger partial charge on any atom is -0.352 e. The number of rotatable bonds is 7. The highest BCUT2D eigenvalue weighted by Crippen LogP contribution is 2.12. The molecule has 0 radical (unpaired) electrons. The van der Waals surface area contributed by atoms with Crippen molar-refractivity contribution in [1.29, 1.82) is 0 Å². The smallest absolute Gasteiger partial charge is 0.251 e. The van der Waals surface area contributed by atoms with Gasteiger partial charge in [-0.2, -0.15) is 0 Å². The summed E-state index contributed by atoms with van der Waals surface area (Å²) in [4.78, 5) is 12.1. The summed E-state index contributed by atoms with van der Waals surface area (Å²) >= 11 is 5.84. The lowest BCUT2D eigenvalue weighted by molar-refractivity contribution is 0.0953. The Hall–Kier alpha value is -2.05. The van der Waals surface area contributed by atoms with Crippen LogP contribution in [0.15, 0.2) is 48.5 Å². The van der Waals surface area contributed by atoms with E-state index < -0.39 is 10.0 Å². The normalized spacial score (nSPS) is 11.1. The summed E-state index contributed by atoms with van der Waals surface area (Å²) in [5, 5.41) is 3.53. The molecule has 0 aliphatic carbocycles. The summed E-state index contributed by atoms with van der Waals surface area (Å²) in [6, 6.07) is 14.0. The molecule has 2 aromatic rings. The molecule has 0 spiro atoms. The second-order valence-corrected chi connectivity index (χ2v) is 7.63. The van der Waals surface area contributed by atoms with E-state index in [2.05, 4.69) is 10.0 Å². The Balaban J connectivity index is 1.84. The zero-order valence-corrected chi connectivity index (χ0v) is 14.8. The Morgan fingerprint density at radius 1 is 1.12 bits per heavy atom. The third-order valence-corrected chi connectivity index (χ3v) is 4.13. The van der Waals surface area contributed by atoms with E-state index in [0.29, 0.717) is 22.8 Å². The molecule has 0 aliphatic heterocycles. The van der Waals surface area contributed by atoms with E-state index in [-0.39, 0.29) is 5.91 Å². The molecule has 2 rings (SSSR count). The van der Waals surface area contributed by atoms with Crippen LogP contribution in [0.5, 0.6) is 0 Å². The number of carbonyl (C=O) groups is 1. The van der Waals surface area contributed by atoms with Crippen LogP contribution >= 0.6 is 11.6 Å². The topological polar surface area (TPSA) is 75.3 Å². The van der Waals surface area contributed by atoms with Crippen molar-refractivity contribution in [3.8, 4) is 0 Å². The molecule has 0 heterocycles. The SMILES string of the molecule is CS(=O)(=O)Nc1cccc(C(=O)NCCCc2ccc(Cl)cc2)c1. The first-order valence-electron chi connectivity index (χ1n) is 7.44. The van der Waals surface area contributed by atoms with Gasteiger partial charge in [-0.05, 0) is 48.7 Å². The first-order valence-corrected chi connectivity index (χ1v) is 9.71. The summed E-state index contributed by atoms with van der Waals surface area (Å²) in [5.74, 6) is -0.233. The number of hydrogen-bond donors (Lipinski definition) is 2. The summed E-state index contributed by atoms with van der Waals surface area (Å²) in [5.41, 5.74) is 1.94. The predicted octanol–water partition coefficient (Wildman–Crippen LogP) is 3.07. The largest absolute Gasteiger partial charge is 0.352 e. The minimum absolute atomic E-state index is 0.233. The first-order chi connectivity index (χ1) is 11.3. The maximum Gasteiger partial charge on any atom is 0.251 e. The maximum absolute atomic E-state index is 12.1. The molecule has 0 saturated heterocycles. The third kappa shape index (κ3) is 6.22. The zero-order valence-electron chi connectivity index (χ0n) is 13.3. The lowest BCUT2D eigenvalue weighted by Gasteiger charge is -2.08. The highest BCUT2D eigenvalue weighted by atomic mass is 35.5. The Bertz CT molecular complexity index is 805. The van der Waals surface area contributed by atoms with E-state index in [1.807, 2.05) is 24.3 Å². The van der Waals surface area contributed by atoms with Crippen LogP contribution < -0.4 is 10.0 Å². The number of hydrogen-bond acceptors (Lipinski definition) is 3. The summed E-state index contributed by atoms with van der Waals surface area (Å²) in [6.07, 6.45) is 2.71. The quantitative estimate of drug-likeness (QED) is 0.739. The van der Waals surface area contributed by atoms with Crippen LogP contribution in [0.25, 0.3) is 0 Å². The van der Waals surface area contributed by atoms with E-state index >= 15 is 0 Å². The van der Waals surface area contributed by atoms with Crippen molar-refractivity contribution in [1.82, 2.24) is 5.32 Å². The van der Waals surface area contributed by atoms with Gasteiger partial charge in [0.25, 0.3) is 5.91 Å². The van der Waals surface area contributed by atoms with Crippen molar-refractivity contribution < 1.29 is 13.2 Å². The van der Waals surface area contributed by atoms with Crippen LogP contribution in [0, 0.1) is 0 Å². The molecule has 5 nitrogen and oxygen atoms in total. The lowest BCUT2D eigenvalue weighted by atomic mass is 10.1. The Kier molecular flexibility index (Phi) is 6.23. The fraction of sp³-hybridized carbons (Fsp3) is 0.235. The Morgan fingerprint density at radius 2 is 1.83 bits per heavy atom. The van der Waals surface area contributed by atoms with Crippen molar-refractivity contribution in [2.24, 2.45) is 0 Å². The summed E-state index contributed by atoms with van der Waals surface area (Å²) < 4.78 is 24.8. The van der Waals surface area contributed by atoms with Gasteiger partial charge in [0, 0.05) is 22.8 Å². The highest BCUT2D eigenvalue weighted by molar-refractivity contribution is 7.92. The van der Waals surface area contributed by atoms with Gasteiger partial charge < -0.3 is 5.32 Å². The van der Waals surface area contributed by atoms with Crippen LogP contribution in [0.1, 0.15) is 22.3 Å². The predicted molar refractivity (Wildman–Crippen MR) is 97.0 cm³/mol. The van der Waals surface area contributed by atoms with Gasteiger partial charge >= 0.3 is 0 Å². The Labute approximate surface area is 147 Å². The number of amides is 1. The molecular weight excluding hydrogens is 348 g/mol. The number of sulfonamides is 1. The summed E-state index contributed by atoms with van der Waals surface area (Å²) in [7, 11) is -3.37. The van der Waals surface area contributed by atoms with Crippen molar-refractivity contribution in [3.05, 3.63) is 64.7 Å². The van der Waals surface area contributed by atoms with Gasteiger partial charge in [-0.1, -0.05) is 29.8 Å². The number of nitrogens with one attached hydrogen (secondary N) is 2. The second-order valence-electron chi connectivity index (χ2n) is 5.44. The van der Waals surface area contributed by atoms with Crippen LogP contribution in [0.2, 0.25) is 5.02 Å². The van der Waals surface area contributed by atoms with Crippen molar-refractivity contribution in [2.45, 2.75) is 12.8 Å². The molecule has 0 atom stereocenters. The molecular formula is C17H19ClN2O3S. The van der Waals surface area contributed by atoms with E-state index in [0.717, 1.165) is 24.7 Å². The number of aryl methyl sites for hydroxylation is 1. The Morgan fingerprint density at radius 3 is 2.50 bits per heavy atom.